The zero-order valence-electron chi connectivity index (χ0n) is 28.3. The number of rotatable bonds is 3. The Morgan fingerprint density at radius 2 is 1.56 bits per heavy atom. The lowest BCUT2D eigenvalue weighted by Gasteiger charge is -2.70. The smallest absolute Gasteiger partial charge is 0.335 e. The van der Waals surface area contributed by atoms with Gasteiger partial charge in [-0.25, -0.2) is 4.79 Å². The molecule has 1 aromatic rings. The number of aliphatic hydroxyl groups is 2. The lowest BCUT2D eigenvalue weighted by atomic mass is 9.33. The number of hydrogen-bond acceptors (Lipinski definition) is 5. The highest BCUT2D eigenvalue weighted by Gasteiger charge is 2.70. The number of allylic oxidation sites excluding steroid dienone is 2. The van der Waals surface area contributed by atoms with Crippen LogP contribution in [0.5, 0.6) is 0 Å². The van der Waals surface area contributed by atoms with E-state index < -0.39 is 17.4 Å². The molecule has 5 aliphatic rings. The van der Waals surface area contributed by atoms with Crippen LogP contribution in [0.25, 0.3) is 0 Å². The molecule has 6 rings (SSSR count). The van der Waals surface area contributed by atoms with E-state index in [1.54, 1.807) is 12.1 Å². The number of ketones is 1. The van der Waals surface area contributed by atoms with Crippen LogP contribution < -0.4 is 0 Å². The molecule has 4 fully saturated rings. The fraction of sp³-hybridized carbons (Fsp3) is 0.711. The van der Waals surface area contributed by atoms with Crippen LogP contribution >= 0.6 is 0 Å². The van der Waals surface area contributed by atoms with Crippen molar-refractivity contribution in [2.45, 2.75) is 119 Å². The van der Waals surface area contributed by atoms with Crippen molar-refractivity contribution in [3.05, 3.63) is 47.0 Å². The van der Waals surface area contributed by atoms with Crippen LogP contribution in [0.4, 0.5) is 0 Å². The van der Waals surface area contributed by atoms with Crippen LogP contribution in [-0.4, -0.2) is 44.3 Å². The van der Waals surface area contributed by atoms with Gasteiger partial charge in [0.2, 0.25) is 0 Å². The Balaban J connectivity index is 0.000000309. The van der Waals surface area contributed by atoms with Crippen LogP contribution in [0.1, 0.15) is 122 Å². The van der Waals surface area contributed by atoms with Crippen molar-refractivity contribution < 1.29 is 34.8 Å². The fourth-order valence-electron chi connectivity index (χ4n) is 11.2. The molecule has 0 aliphatic heterocycles. The van der Waals surface area contributed by atoms with Gasteiger partial charge in [-0.3, -0.25) is 9.59 Å². The molecule has 0 heterocycles. The predicted molar refractivity (Wildman–Crippen MR) is 172 cm³/mol. The summed E-state index contributed by atoms with van der Waals surface area (Å²) in [5.41, 5.74) is 0.962. The molecule has 0 radical (unpaired) electrons. The first kappa shape index (κ1) is 33.8. The molecular weight excluding hydrogens is 568 g/mol. The normalized spacial score (nSPS) is 43.2. The second kappa shape index (κ2) is 11.0. The van der Waals surface area contributed by atoms with E-state index >= 15 is 0 Å². The molecule has 7 heteroatoms. The van der Waals surface area contributed by atoms with Gasteiger partial charge < -0.3 is 20.4 Å². The van der Waals surface area contributed by atoms with Gasteiger partial charge in [0.1, 0.15) is 0 Å². The molecule has 248 valence electrons. The maximum Gasteiger partial charge on any atom is 0.335 e. The van der Waals surface area contributed by atoms with Gasteiger partial charge in [-0.05, 0) is 127 Å². The van der Waals surface area contributed by atoms with Crippen LogP contribution in [0, 0.1) is 50.2 Å². The molecule has 0 aromatic heterocycles. The van der Waals surface area contributed by atoms with E-state index in [2.05, 4.69) is 41.5 Å². The van der Waals surface area contributed by atoms with Gasteiger partial charge in [0.05, 0.1) is 23.7 Å². The number of aliphatic carboxylic acids is 1. The van der Waals surface area contributed by atoms with E-state index in [1.165, 1.54) is 17.7 Å². The molecule has 0 saturated heterocycles. The minimum Gasteiger partial charge on any atom is -0.481 e. The number of hydrogen-bond donors (Lipinski definition) is 4. The Bertz CT molecular complexity index is 1410. The quantitative estimate of drug-likeness (QED) is 0.278. The van der Waals surface area contributed by atoms with E-state index in [0.29, 0.717) is 17.9 Å². The van der Waals surface area contributed by atoms with Gasteiger partial charge >= 0.3 is 11.9 Å². The Kier molecular flexibility index (Phi) is 8.30. The van der Waals surface area contributed by atoms with E-state index in [-0.39, 0.29) is 63.0 Å². The lowest BCUT2D eigenvalue weighted by molar-refractivity contribution is -0.202. The predicted octanol–water partition coefficient (Wildman–Crippen LogP) is 7.29. The SMILES string of the molecule is CC1(C)C2CC[C@]3(C)C(C(=O)C=C4[C@H]5C[C@@](C)(C(=O)O)CC[C@]5(C)CC[C@]43C)[C@@]2(C)CC[C@@H]1O.O=C(O)c1cccc(CO)c1. The van der Waals surface area contributed by atoms with Crippen LogP contribution in [0.15, 0.2) is 35.9 Å². The third kappa shape index (κ3) is 5.02. The molecule has 2 unspecified atom stereocenters. The third-order valence-corrected chi connectivity index (χ3v) is 14.4. The second-order valence-corrected chi connectivity index (χ2v) is 17.1. The van der Waals surface area contributed by atoms with E-state index in [4.69, 9.17) is 10.2 Å². The summed E-state index contributed by atoms with van der Waals surface area (Å²) in [5, 5.41) is 38.1. The molecule has 4 N–H and O–H groups in total. The molecule has 5 aliphatic carbocycles. The number of carboxylic acids is 2. The molecule has 45 heavy (non-hydrogen) atoms. The minimum absolute atomic E-state index is 0.0296. The number of carboxylic acid groups (broad SMARTS) is 2. The Hall–Kier alpha value is -2.51. The van der Waals surface area contributed by atoms with Gasteiger partial charge in [0, 0.05) is 5.92 Å². The minimum atomic E-state index is -0.972. The summed E-state index contributed by atoms with van der Waals surface area (Å²) < 4.78 is 0. The number of aromatic carboxylic acids is 1. The molecule has 1 aromatic carbocycles. The maximum absolute atomic E-state index is 14.2. The van der Waals surface area contributed by atoms with Crippen molar-refractivity contribution in [1.82, 2.24) is 0 Å². The second-order valence-electron chi connectivity index (χ2n) is 17.1. The number of fused-ring (bicyclic) bond motifs is 7. The van der Waals surface area contributed by atoms with Gasteiger partial charge in [0.25, 0.3) is 0 Å². The first-order valence-electron chi connectivity index (χ1n) is 16.9. The van der Waals surface area contributed by atoms with Crippen molar-refractivity contribution in [2.75, 3.05) is 0 Å². The Morgan fingerprint density at radius 3 is 2.18 bits per heavy atom. The highest BCUT2D eigenvalue weighted by Crippen LogP contribution is 2.75. The first-order chi connectivity index (χ1) is 20.8. The number of carbonyl (C=O) groups excluding carboxylic acids is 1. The standard InChI is InChI=1S/C30H46O4.C8H8O3/c1-25(2)21-8-11-30(7)23(28(21,5)10-9-22(25)32)20(31)16-18-19-17-27(4,24(33)34)13-12-26(19,3)14-15-29(18,30)6;9-5-6-2-1-3-7(4-6)8(10)11/h16,19,21-23,32H,8-15,17H2,1-7H3,(H,33,34);1-4,9H,5H2,(H,10,11)/t19-,21?,22+,23?,26-,27+,28+,29-,30-;/m1./s1. The number of benzene rings is 1. The van der Waals surface area contributed by atoms with E-state index in [9.17, 15) is 24.6 Å². The van der Waals surface area contributed by atoms with Crippen molar-refractivity contribution in [3.63, 3.8) is 0 Å². The van der Waals surface area contributed by atoms with Gasteiger partial charge in [0.15, 0.2) is 5.78 Å². The monoisotopic (exact) mass is 622 g/mol. The molecule has 0 bridgehead atoms. The summed E-state index contributed by atoms with van der Waals surface area (Å²) >= 11 is 0. The van der Waals surface area contributed by atoms with Crippen LogP contribution in [0.2, 0.25) is 0 Å². The zero-order chi connectivity index (χ0) is 33.4. The summed E-state index contributed by atoms with van der Waals surface area (Å²) in [6, 6.07) is 6.21. The van der Waals surface area contributed by atoms with Crippen molar-refractivity contribution in [1.29, 1.82) is 0 Å². The number of aliphatic hydroxyl groups excluding tert-OH is 2. The largest absolute Gasteiger partial charge is 0.481 e. The van der Waals surface area contributed by atoms with Crippen LogP contribution in [-0.2, 0) is 16.2 Å². The highest BCUT2D eigenvalue weighted by molar-refractivity contribution is 5.95. The maximum atomic E-state index is 14.2. The Labute approximate surface area is 268 Å². The molecular formula is C38H54O7. The van der Waals surface area contributed by atoms with Crippen molar-refractivity contribution in [2.24, 2.45) is 50.2 Å². The van der Waals surface area contributed by atoms with Gasteiger partial charge in [-0.15, -0.1) is 0 Å². The average Bonchev–Trinajstić information content (AvgIpc) is 2.97. The summed E-state index contributed by atoms with van der Waals surface area (Å²) in [4.78, 5) is 36.8. The van der Waals surface area contributed by atoms with E-state index in [0.717, 1.165) is 51.4 Å². The van der Waals surface area contributed by atoms with Crippen LogP contribution in [0.3, 0.4) is 0 Å². The highest BCUT2D eigenvalue weighted by atomic mass is 16.4. The summed E-state index contributed by atoms with van der Waals surface area (Å²) in [5.74, 6) is -0.912. The molecule has 0 amide bonds. The van der Waals surface area contributed by atoms with E-state index in [1.807, 2.05) is 13.0 Å². The number of carbonyl (C=O) groups is 3. The summed E-state index contributed by atoms with van der Waals surface area (Å²) in [6.45, 7) is 15.7. The average molecular weight is 623 g/mol. The fourth-order valence-corrected chi connectivity index (χ4v) is 11.2. The topological polar surface area (TPSA) is 132 Å². The molecule has 0 spiro atoms. The molecule has 4 saturated carbocycles. The van der Waals surface area contributed by atoms with Crippen molar-refractivity contribution >= 4 is 17.7 Å². The lowest BCUT2D eigenvalue weighted by Crippen LogP contribution is -2.66. The van der Waals surface area contributed by atoms with Gasteiger partial charge in [-0.1, -0.05) is 59.2 Å². The Morgan fingerprint density at radius 1 is 0.889 bits per heavy atom. The molecule has 9 atom stereocenters. The first-order valence-corrected chi connectivity index (χ1v) is 16.9. The zero-order valence-corrected chi connectivity index (χ0v) is 28.3. The summed E-state index contributed by atoms with van der Waals surface area (Å²) in [6.07, 6.45) is 9.95. The molecule has 7 nitrogen and oxygen atoms in total. The van der Waals surface area contributed by atoms with Gasteiger partial charge in [-0.2, -0.15) is 0 Å². The summed E-state index contributed by atoms with van der Waals surface area (Å²) in [7, 11) is 0. The van der Waals surface area contributed by atoms with Crippen molar-refractivity contribution in [3.8, 4) is 0 Å². The third-order valence-electron chi connectivity index (χ3n) is 14.4.